The zero-order chi connectivity index (χ0) is 55.9. The van der Waals surface area contributed by atoms with E-state index in [2.05, 4.69) is 46.9 Å². The quantitative estimate of drug-likeness (QED) is 0.0658. The topological polar surface area (TPSA) is 330 Å². The molecule has 0 radical (unpaired) electrons. The maximum Gasteiger partial charge on any atom is 0.412 e. The van der Waals surface area contributed by atoms with Crippen LogP contribution in [-0.4, -0.2) is 109 Å². The maximum atomic E-state index is 14.2. The van der Waals surface area contributed by atoms with E-state index in [1.807, 2.05) is 13.8 Å². The summed E-state index contributed by atoms with van der Waals surface area (Å²) in [4.78, 5) is 117. The smallest absolute Gasteiger partial charge is 0.412 e. The molecule has 10 bridgehead atoms. The molecule has 8 heterocycles. The highest BCUT2D eigenvalue weighted by Gasteiger charge is 2.33. The van der Waals surface area contributed by atoms with E-state index in [1.165, 1.54) is 70.8 Å². The van der Waals surface area contributed by atoms with Gasteiger partial charge >= 0.3 is 6.09 Å². The highest BCUT2D eigenvalue weighted by Crippen LogP contribution is 2.41. The molecule has 7 aromatic heterocycles. The summed E-state index contributed by atoms with van der Waals surface area (Å²) < 4.78 is 10.5. The van der Waals surface area contributed by atoms with Crippen LogP contribution in [0.3, 0.4) is 0 Å². The average Bonchev–Trinajstić information content (AvgIpc) is 4.35. The summed E-state index contributed by atoms with van der Waals surface area (Å²) in [6.07, 6.45) is -0.576. The first kappa shape index (κ1) is 56.4. The van der Waals surface area contributed by atoms with Crippen LogP contribution in [0.4, 0.5) is 10.6 Å². The molecule has 0 saturated carbocycles. The number of rotatable bonds is 11. The van der Waals surface area contributed by atoms with Gasteiger partial charge in [-0.25, -0.2) is 39.7 Å². The third kappa shape index (κ3) is 13.1. The molecular formula is C50H50N14O9S6. The largest absolute Gasteiger partial charge is 0.448 e. The lowest BCUT2D eigenvalue weighted by Gasteiger charge is -2.23. The van der Waals surface area contributed by atoms with Crippen molar-refractivity contribution in [1.82, 2.24) is 61.5 Å². The van der Waals surface area contributed by atoms with Crippen LogP contribution < -0.4 is 37.6 Å². The average molecular weight is 1180 g/mol. The van der Waals surface area contributed by atoms with E-state index < -0.39 is 66.4 Å². The SMILES string of the molecule is CNC(=O)C[C@@H]1NC(=O)c2csc(n2)-c2ccc(-c3nc(NC(=O)OCCN)cs3)nc2-c2cnc(s2)-c2csc(n2)[C@H]([C@@H](O)c2ccccc2)NC(=O)CNC(=O)c2nc(sc2COC)[C@H](C(C)C)NC(=O)c2nc1sc2C. The van der Waals surface area contributed by atoms with E-state index >= 15 is 0 Å². The molecular weight excluding hydrogens is 1130 g/mol. The molecule has 0 saturated heterocycles. The molecule has 9 N–H and O–H groups in total. The lowest BCUT2D eigenvalue weighted by molar-refractivity contribution is -0.122. The minimum atomic E-state index is -1.27. The van der Waals surface area contributed by atoms with E-state index in [-0.39, 0.29) is 55.0 Å². The number of nitrogens with two attached hydrogens (primary N) is 1. The summed E-state index contributed by atoms with van der Waals surface area (Å²) in [6.45, 7) is 5.15. The van der Waals surface area contributed by atoms with E-state index in [4.69, 9.17) is 35.1 Å². The van der Waals surface area contributed by atoms with E-state index in [0.717, 1.165) is 11.3 Å². The van der Waals surface area contributed by atoms with Crippen LogP contribution in [0.2, 0.25) is 0 Å². The van der Waals surface area contributed by atoms with Gasteiger partial charge in [-0.05, 0) is 30.5 Å². The minimum absolute atomic E-state index is 0.000476. The first-order valence-electron chi connectivity index (χ1n) is 24.2. The number of carbonyl (C=O) groups excluding carboxylic acids is 6. The van der Waals surface area contributed by atoms with Crippen molar-refractivity contribution in [3.8, 4) is 42.5 Å². The van der Waals surface area contributed by atoms with Gasteiger partial charge in [-0.2, -0.15) is 0 Å². The number of aliphatic hydroxyl groups excluding tert-OH is 1. The van der Waals surface area contributed by atoms with Crippen molar-refractivity contribution >= 4 is 109 Å². The molecule has 1 aliphatic heterocycles. The molecule has 0 aliphatic carbocycles. The summed E-state index contributed by atoms with van der Waals surface area (Å²) in [7, 11) is 2.94. The molecule has 8 aromatic rings. The fourth-order valence-corrected chi connectivity index (χ4v) is 13.5. The van der Waals surface area contributed by atoms with Crippen LogP contribution in [0.5, 0.6) is 0 Å². The standard InChI is InChI=1S/C50H50N14O9S6/c1-22(2)35-49-64-38(31(79-49)18-72-5)42(69)53-17-34(66)61-39(40(67)24-9-7-6-8-10-24)48-58-29(20-75-48)45-54-16-30(78-45)37-25(11-12-26(55-37)46-59-32(21-76-46)60-50(71)73-14-13-51)44-57-28(19-74-44)41(68)56-27(15-33(65)52-4)47-63-36(23(3)77-47)43(70)62-35/h6-12,16,19-22,27,35,39-40,67H,13-15,17-18,51H2,1-5H3,(H,52,65)(H,53,69)(H,56,68)(H,60,71)(H,61,66)(H,62,70)/t27-,35-,39-,40-/m0/s1. The van der Waals surface area contributed by atoms with Crippen molar-refractivity contribution in [1.29, 1.82) is 0 Å². The Bertz CT molecular complexity index is 3530. The molecule has 29 heteroatoms. The Morgan fingerprint density at radius 2 is 1.54 bits per heavy atom. The van der Waals surface area contributed by atoms with Crippen molar-refractivity contribution in [2.45, 2.75) is 58.0 Å². The number of pyridine rings is 1. The molecule has 23 nitrogen and oxygen atoms in total. The maximum absolute atomic E-state index is 14.2. The molecule has 6 amide bonds. The van der Waals surface area contributed by atoms with Crippen molar-refractivity contribution in [3.63, 3.8) is 0 Å². The van der Waals surface area contributed by atoms with Gasteiger partial charge in [0.1, 0.15) is 77.4 Å². The zero-order valence-corrected chi connectivity index (χ0v) is 47.5. The van der Waals surface area contributed by atoms with Crippen molar-refractivity contribution in [2.75, 3.05) is 39.2 Å². The predicted molar refractivity (Wildman–Crippen MR) is 301 cm³/mol. The number of hydrogen-bond acceptors (Lipinski definition) is 23. The van der Waals surface area contributed by atoms with Gasteiger partial charge in [0.2, 0.25) is 11.8 Å². The number of methoxy groups -OCH3 is 1. The summed E-state index contributed by atoms with van der Waals surface area (Å²) in [5.41, 5.74) is 7.91. The Morgan fingerprint density at radius 1 is 0.772 bits per heavy atom. The molecule has 1 aromatic carbocycles. The van der Waals surface area contributed by atoms with E-state index in [9.17, 15) is 33.9 Å². The second kappa shape index (κ2) is 25.2. The summed E-state index contributed by atoms with van der Waals surface area (Å²) >= 11 is 7.18. The number of aromatic nitrogens is 7. The van der Waals surface area contributed by atoms with Crippen molar-refractivity contribution in [2.24, 2.45) is 11.7 Å². The second-order valence-corrected chi connectivity index (χ2v) is 23.7. The number of hydrogen-bond donors (Lipinski definition) is 8. The van der Waals surface area contributed by atoms with E-state index in [1.54, 1.807) is 71.7 Å². The number of benzene rings is 1. The number of fused-ring (bicyclic) bond motifs is 14. The third-order valence-corrected chi connectivity index (χ3v) is 17.7. The van der Waals surface area contributed by atoms with E-state index in [0.29, 0.717) is 72.9 Å². The highest BCUT2D eigenvalue weighted by molar-refractivity contribution is 7.19. The third-order valence-electron chi connectivity index (χ3n) is 11.8. The Labute approximate surface area is 474 Å². The Balaban J connectivity index is 1.13. The molecule has 0 spiro atoms. The number of anilines is 1. The van der Waals surface area contributed by atoms with Gasteiger partial charge in [-0.3, -0.25) is 29.3 Å². The first-order valence-corrected chi connectivity index (χ1v) is 29.3. The molecule has 4 atom stereocenters. The van der Waals surface area contributed by atoms with Crippen LogP contribution in [0.15, 0.2) is 64.8 Å². The Kier molecular flexibility index (Phi) is 18.0. The van der Waals surface area contributed by atoms with Gasteiger partial charge in [-0.15, -0.1) is 68.0 Å². The highest BCUT2D eigenvalue weighted by atomic mass is 32.1. The summed E-state index contributed by atoms with van der Waals surface area (Å²) in [5.74, 6) is -2.87. The second-order valence-electron chi connectivity index (χ2n) is 17.7. The lowest BCUT2D eigenvalue weighted by Crippen LogP contribution is -2.40. The van der Waals surface area contributed by atoms with Crippen LogP contribution in [-0.2, 0) is 25.7 Å². The number of amides is 6. The molecule has 79 heavy (non-hydrogen) atoms. The molecule has 9 rings (SSSR count). The van der Waals surface area contributed by atoms with Crippen LogP contribution in [0.1, 0.15) is 106 Å². The summed E-state index contributed by atoms with van der Waals surface area (Å²) in [6, 6.07) is 9.53. The molecule has 410 valence electrons. The van der Waals surface area contributed by atoms with Gasteiger partial charge in [0.25, 0.3) is 17.7 Å². The van der Waals surface area contributed by atoms with Gasteiger partial charge in [0, 0.05) is 53.5 Å². The van der Waals surface area contributed by atoms with Crippen molar-refractivity contribution < 1.29 is 43.3 Å². The Morgan fingerprint density at radius 3 is 2.30 bits per heavy atom. The van der Waals surface area contributed by atoms with Gasteiger partial charge in [0.05, 0.1) is 52.8 Å². The normalized spacial score (nSPS) is 16.5. The Hall–Kier alpha value is -7.35. The number of nitrogens with zero attached hydrogens (tertiary/aromatic N) is 7. The van der Waals surface area contributed by atoms with Crippen LogP contribution in [0.25, 0.3) is 42.5 Å². The predicted octanol–water partition coefficient (Wildman–Crippen LogP) is 6.82. The summed E-state index contributed by atoms with van der Waals surface area (Å²) in [5, 5.41) is 35.9. The monoisotopic (exact) mass is 1180 g/mol. The number of carbonyl (C=O) groups is 6. The number of ether oxygens (including phenoxy) is 2. The van der Waals surface area contributed by atoms with Gasteiger partial charge in [-0.1, -0.05) is 44.2 Å². The first-order chi connectivity index (χ1) is 38.1. The number of thiazole rings is 6. The zero-order valence-electron chi connectivity index (χ0n) is 42.6. The fraction of sp³-hybridized carbons (Fsp3) is 0.300. The molecule has 0 unspecified atom stereocenters. The number of aryl methyl sites for hydroxylation is 1. The molecule has 1 aliphatic rings. The number of aliphatic hydroxyl groups is 1. The minimum Gasteiger partial charge on any atom is -0.448 e. The lowest BCUT2D eigenvalue weighted by atomic mass is 10.0. The van der Waals surface area contributed by atoms with Crippen molar-refractivity contribution in [3.05, 3.63) is 112 Å². The number of nitrogens with one attached hydrogen (secondary N) is 6. The van der Waals surface area contributed by atoms with Gasteiger partial charge < -0.3 is 46.9 Å². The fourth-order valence-electron chi connectivity index (χ4n) is 7.93. The van der Waals surface area contributed by atoms with Crippen LogP contribution >= 0.6 is 68.0 Å². The van der Waals surface area contributed by atoms with Crippen LogP contribution in [0, 0.1) is 12.8 Å². The molecule has 0 fully saturated rings. The van der Waals surface area contributed by atoms with Gasteiger partial charge in [0.15, 0.2) is 0 Å².